The summed E-state index contributed by atoms with van der Waals surface area (Å²) in [6.45, 7) is 2.13. The zero-order valence-electron chi connectivity index (χ0n) is 14.2. The number of nitrogens with zero attached hydrogens (tertiary/aromatic N) is 1. The summed E-state index contributed by atoms with van der Waals surface area (Å²) in [5.41, 5.74) is 2.47. The number of hydrogen-bond acceptors (Lipinski definition) is 3. The van der Waals surface area contributed by atoms with Gasteiger partial charge in [-0.1, -0.05) is 18.2 Å². The first kappa shape index (κ1) is 17.0. The minimum absolute atomic E-state index is 0.0540. The van der Waals surface area contributed by atoms with Gasteiger partial charge in [0.25, 0.3) is 5.91 Å². The summed E-state index contributed by atoms with van der Waals surface area (Å²) in [6.07, 6.45) is 3.78. The fourth-order valence-electron chi connectivity index (χ4n) is 2.97. The Morgan fingerprint density at radius 1 is 0.880 bits per heavy atom. The summed E-state index contributed by atoms with van der Waals surface area (Å²) in [4.78, 5) is 26.3. The molecule has 2 aromatic rings. The summed E-state index contributed by atoms with van der Waals surface area (Å²) < 4.78 is 0. The van der Waals surface area contributed by atoms with Crippen LogP contribution < -0.4 is 15.5 Å². The standard InChI is InChI=1S/C20H23N3O2/c24-19(15-21-20(25)16-7-3-1-4-8-16)22-17-9-11-18(12-10-17)23-13-5-2-6-14-23/h1,3-4,7-12H,2,5-6,13-15H2,(H,21,25)(H,22,24). The third-order valence-corrected chi connectivity index (χ3v) is 4.32. The second-order valence-corrected chi connectivity index (χ2v) is 6.19. The molecule has 5 heteroatoms. The first-order chi connectivity index (χ1) is 12.2. The fourth-order valence-corrected chi connectivity index (χ4v) is 2.97. The third-order valence-electron chi connectivity index (χ3n) is 4.32. The number of hydrogen-bond donors (Lipinski definition) is 2. The minimum Gasteiger partial charge on any atom is -0.372 e. The average molecular weight is 337 g/mol. The molecule has 0 atom stereocenters. The van der Waals surface area contributed by atoms with Gasteiger partial charge >= 0.3 is 0 Å². The van der Waals surface area contributed by atoms with E-state index in [1.165, 1.54) is 24.9 Å². The van der Waals surface area contributed by atoms with Crippen molar-refractivity contribution in [1.29, 1.82) is 0 Å². The number of amides is 2. The van der Waals surface area contributed by atoms with E-state index in [1.807, 2.05) is 30.3 Å². The molecular weight excluding hydrogens is 314 g/mol. The van der Waals surface area contributed by atoms with Crippen LogP contribution in [0, 0.1) is 0 Å². The largest absolute Gasteiger partial charge is 0.372 e. The Kier molecular flexibility index (Phi) is 5.67. The molecule has 0 unspecified atom stereocenters. The predicted molar refractivity (Wildman–Crippen MR) is 99.9 cm³/mol. The Morgan fingerprint density at radius 2 is 1.56 bits per heavy atom. The van der Waals surface area contributed by atoms with Crippen molar-refractivity contribution < 1.29 is 9.59 Å². The van der Waals surface area contributed by atoms with Crippen molar-refractivity contribution >= 4 is 23.2 Å². The number of benzene rings is 2. The Morgan fingerprint density at radius 3 is 2.24 bits per heavy atom. The molecule has 0 saturated carbocycles. The number of anilines is 2. The van der Waals surface area contributed by atoms with Gasteiger partial charge in [-0.3, -0.25) is 9.59 Å². The maximum absolute atomic E-state index is 12.0. The van der Waals surface area contributed by atoms with E-state index in [9.17, 15) is 9.59 Å². The van der Waals surface area contributed by atoms with E-state index in [0.29, 0.717) is 5.56 Å². The van der Waals surface area contributed by atoms with Gasteiger partial charge in [0.2, 0.25) is 5.91 Å². The molecule has 0 bridgehead atoms. The molecule has 2 N–H and O–H groups in total. The zero-order valence-corrected chi connectivity index (χ0v) is 14.2. The molecule has 0 aromatic heterocycles. The number of carbonyl (C=O) groups excluding carboxylic acids is 2. The van der Waals surface area contributed by atoms with Crippen molar-refractivity contribution in [3.05, 3.63) is 60.2 Å². The molecule has 5 nitrogen and oxygen atoms in total. The van der Waals surface area contributed by atoms with Gasteiger partial charge in [-0.2, -0.15) is 0 Å². The molecule has 3 rings (SSSR count). The Hall–Kier alpha value is -2.82. The van der Waals surface area contributed by atoms with Crippen molar-refractivity contribution in [1.82, 2.24) is 5.32 Å². The van der Waals surface area contributed by atoms with Crippen LogP contribution in [0.5, 0.6) is 0 Å². The summed E-state index contributed by atoms with van der Waals surface area (Å²) >= 11 is 0. The molecule has 130 valence electrons. The maximum atomic E-state index is 12.0. The monoisotopic (exact) mass is 337 g/mol. The molecule has 0 spiro atoms. The van der Waals surface area contributed by atoms with Crippen molar-refractivity contribution in [2.75, 3.05) is 29.9 Å². The molecule has 1 aliphatic rings. The van der Waals surface area contributed by atoms with Crippen LogP contribution in [0.2, 0.25) is 0 Å². The molecule has 0 radical (unpaired) electrons. The maximum Gasteiger partial charge on any atom is 0.251 e. The van der Waals surface area contributed by atoms with E-state index in [-0.39, 0.29) is 18.4 Å². The summed E-state index contributed by atoms with van der Waals surface area (Å²) in [6, 6.07) is 16.7. The van der Waals surface area contributed by atoms with Crippen LogP contribution in [-0.4, -0.2) is 31.4 Å². The smallest absolute Gasteiger partial charge is 0.251 e. The van der Waals surface area contributed by atoms with Crippen LogP contribution in [0.3, 0.4) is 0 Å². The Bertz CT molecular complexity index is 707. The van der Waals surface area contributed by atoms with E-state index in [0.717, 1.165) is 18.8 Å². The minimum atomic E-state index is -0.254. The van der Waals surface area contributed by atoms with E-state index >= 15 is 0 Å². The van der Waals surface area contributed by atoms with Crippen LogP contribution in [0.15, 0.2) is 54.6 Å². The lowest BCUT2D eigenvalue weighted by Crippen LogP contribution is -2.32. The van der Waals surface area contributed by atoms with Crippen LogP contribution in [0.4, 0.5) is 11.4 Å². The van der Waals surface area contributed by atoms with Crippen LogP contribution in [0.1, 0.15) is 29.6 Å². The molecule has 25 heavy (non-hydrogen) atoms. The molecule has 2 amide bonds. The van der Waals surface area contributed by atoms with Crippen LogP contribution in [0.25, 0.3) is 0 Å². The van der Waals surface area contributed by atoms with Crippen molar-refractivity contribution in [3.63, 3.8) is 0 Å². The highest BCUT2D eigenvalue weighted by molar-refractivity contribution is 5.99. The van der Waals surface area contributed by atoms with E-state index < -0.39 is 0 Å². The number of piperidine rings is 1. The zero-order chi connectivity index (χ0) is 17.5. The molecule has 1 aliphatic heterocycles. The molecule has 1 fully saturated rings. The van der Waals surface area contributed by atoms with Crippen molar-refractivity contribution in [2.24, 2.45) is 0 Å². The Labute approximate surface area is 148 Å². The highest BCUT2D eigenvalue weighted by Crippen LogP contribution is 2.21. The van der Waals surface area contributed by atoms with Crippen molar-refractivity contribution in [3.8, 4) is 0 Å². The van der Waals surface area contributed by atoms with Gasteiger partial charge in [0.05, 0.1) is 6.54 Å². The number of carbonyl (C=O) groups is 2. The van der Waals surface area contributed by atoms with Gasteiger partial charge in [-0.15, -0.1) is 0 Å². The van der Waals surface area contributed by atoms with Crippen LogP contribution in [-0.2, 0) is 4.79 Å². The fraction of sp³-hybridized carbons (Fsp3) is 0.300. The highest BCUT2D eigenvalue weighted by Gasteiger charge is 2.11. The predicted octanol–water partition coefficient (Wildman–Crippen LogP) is 3.05. The summed E-state index contributed by atoms with van der Waals surface area (Å²) in [5, 5.41) is 5.43. The van der Waals surface area contributed by atoms with E-state index in [1.54, 1.807) is 24.3 Å². The van der Waals surface area contributed by atoms with Gasteiger partial charge in [0.1, 0.15) is 0 Å². The van der Waals surface area contributed by atoms with E-state index in [4.69, 9.17) is 0 Å². The molecule has 1 saturated heterocycles. The number of rotatable bonds is 5. The summed E-state index contributed by atoms with van der Waals surface area (Å²) in [7, 11) is 0. The highest BCUT2D eigenvalue weighted by atomic mass is 16.2. The van der Waals surface area contributed by atoms with Gasteiger partial charge in [-0.05, 0) is 55.7 Å². The Balaban J connectivity index is 1.48. The first-order valence-corrected chi connectivity index (χ1v) is 8.70. The first-order valence-electron chi connectivity index (χ1n) is 8.70. The topological polar surface area (TPSA) is 61.4 Å². The lowest BCUT2D eigenvalue weighted by molar-refractivity contribution is -0.115. The lowest BCUT2D eigenvalue weighted by atomic mass is 10.1. The van der Waals surface area contributed by atoms with E-state index in [2.05, 4.69) is 15.5 Å². The van der Waals surface area contributed by atoms with Gasteiger partial charge in [0, 0.05) is 30.0 Å². The SMILES string of the molecule is O=C(CNC(=O)c1ccccc1)Nc1ccc(N2CCCCC2)cc1. The van der Waals surface area contributed by atoms with Crippen molar-refractivity contribution in [2.45, 2.75) is 19.3 Å². The second kappa shape index (κ2) is 8.33. The van der Waals surface area contributed by atoms with Gasteiger partial charge < -0.3 is 15.5 Å². The average Bonchev–Trinajstić information content (AvgIpc) is 2.68. The quantitative estimate of drug-likeness (QED) is 0.881. The normalized spacial score (nSPS) is 14.0. The third kappa shape index (κ3) is 4.83. The lowest BCUT2D eigenvalue weighted by Gasteiger charge is -2.28. The molecule has 1 heterocycles. The van der Waals surface area contributed by atoms with Gasteiger partial charge in [-0.25, -0.2) is 0 Å². The number of nitrogens with one attached hydrogen (secondary N) is 2. The molecular formula is C20H23N3O2. The second-order valence-electron chi connectivity index (χ2n) is 6.19. The van der Waals surface area contributed by atoms with Crippen LogP contribution >= 0.6 is 0 Å². The van der Waals surface area contributed by atoms with Gasteiger partial charge in [0.15, 0.2) is 0 Å². The molecule has 0 aliphatic carbocycles. The summed E-state index contributed by atoms with van der Waals surface area (Å²) in [5.74, 6) is -0.494. The molecule has 2 aromatic carbocycles.